The van der Waals surface area contributed by atoms with Crippen molar-refractivity contribution in [3.8, 4) is 5.75 Å². The zero-order valence-corrected chi connectivity index (χ0v) is 14.1. The van der Waals surface area contributed by atoms with Crippen LogP contribution in [0, 0.1) is 5.41 Å². The quantitative estimate of drug-likeness (QED) is 0.741. The van der Waals surface area contributed by atoms with E-state index in [-0.39, 0.29) is 5.41 Å². The molecule has 4 nitrogen and oxygen atoms in total. The molecule has 0 unspecified atom stereocenters. The molecule has 0 aliphatic heterocycles. The number of aromatic nitrogens is 2. The molecule has 1 heterocycles. The molecule has 0 amide bonds. The Morgan fingerprint density at radius 1 is 1.23 bits per heavy atom. The highest BCUT2D eigenvalue weighted by atomic mass is 35.5. The van der Waals surface area contributed by atoms with Crippen LogP contribution in [0.4, 0.5) is 0 Å². The van der Waals surface area contributed by atoms with E-state index in [4.69, 9.17) is 21.1 Å². The lowest BCUT2D eigenvalue weighted by atomic mass is 9.94. The van der Waals surface area contributed by atoms with Gasteiger partial charge in [-0.15, -0.1) is 0 Å². The van der Waals surface area contributed by atoms with E-state index in [9.17, 15) is 0 Å². The second-order valence-electron chi connectivity index (χ2n) is 5.84. The average Bonchev–Trinajstić information content (AvgIpc) is 2.97. The summed E-state index contributed by atoms with van der Waals surface area (Å²) >= 11 is 5.93. The molecule has 118 valence electrons. The third kappa shape index (κ3) is 4.04. The molecule has 0 radical (unpaired) electrons. The summed E-state index contributed by atoms with van der Waals surface area (Å²) in [7, 11) is 0. The fourth-order valence-corrected chi connectivity index (χ4v) is 2.08. The summed E-state index contributed by atoms with van der Waals surface area (Å²) in [4.78, 5) is 4.10. The lowest BCUT2D eigenvalue weighted by Crippen LogP contribution is -2.19. The molecule has 22 heavy (non-hydrogen) atoms. The Kier molecular flexibility index (Phi) is 5.14. The van der Waals surface area contributed by atoms with E-state index in [1.54, 1.807) is 24.7 Å². The van der Waals surface area contributed by atoms with Crippen molar-refractivity contribution in [2.45, 2.75) is 27.7 Å². The predicted molar refractivity (Wildman–Crippen MR) is 88.6 cm³/mol. The van der Waals surface area contributed by atoms with Gasteiger partial charge in [0.25, 0.3) is 0 Å². The molecule has 2 aromatic rings. The number of imidazole rings is 1. The van der Waals surface area contributed by atoms with Gasteiger partial charge in [-0.25, -0.2) is 4.98 Å². The molecule has 0 aliphatic rings. The fraction of sp³-hybridized carbons (Fsp3) is 0.353. The van der Waals surface area contributed by atoms with E-state index in [2.05, 4.69) is 25.8 Å². The summed E-state index contributed by atoms with van der Waals surface area (Å²) in [6, 6.07) is 7.23. The van der Waals surface area contributed by atoms with Crippen LogP contribution in [-0.2, 0) is 4.74 Å². The van der Waals surface area contributed by atoms with Gasteiger partial charge >= 0.3 is 0 Å². The van der Waals surface area contributed by atoms with Gasteiger partial charge in [0, 0.05) is 22.8 Å². The van der Waals surface area contributed by atoms with E-state index in [1.165, 1.54) is 0 Å². The molecule has 0 atom stereocenters. The Bertz CT molecular complexity index is 626. The Labute approximate surface area is 136 Å². The second kappa shape index (κ2) is 6.88. The fourth-order valence-electron chi connectivity index (χ4n) is 1.95. The van der Waals surface area contributed by atoms with Crippen LogP contribution in [0.1, 0.15) is 27.7 Å². The molecule has 1 aromatic heterocycles. The number of rotatable bonds is 5. The van der Waals surface area contributed by atoms with Gasteiger partial charge in [0.15, 0.2) is 5.76 Å². The van der Waals surface area contributed by atoms with Gasteiger partial charge in [-0.1, -0.05) is 32.4 Å². The number of allylic oxidation sites excluding steroid dienone is 1. The lowest BCUT2D eigenvalue weighted by Gasteiger charge is -2.26. The van der Waals surface area contributed by atoms with Crippen molar-refractivity contribution in [1.82, 2.24) is 9.55 Å². The van der Waals surface area contributed by atoms with Crippen molar-refractivity contribution in [2.75, 3.05) is 6.61 Å². The minimum atomic E-state index is -0.206. The summed E-state index contributed by atoms with van der Waals surface area (Å²) < 4.78 is 13.8. The molecule has 0 saturated heterocycles. The van der Waals surface area contributed by atoms with Crippen LogP contribution in [0.15, 0.2) is 48.7 Å². The molecule has 0 N–H and O–H groups in total. The van der Waals surface area contributed by atoms with Gasteiger partial charge in [0.05, 0.1) is 6.61 Å². The summed E-state index contributed by atoms with van der Waals surface area (Å²) in [5.41, 5.74) is -0.206. The molecular weight excluding hydrogens is 300 g/mol. The standard InChI is InChI=1S/C17H21ClN2O2/c1-5-21-15(17(2,3)4)16(20-11-10-19-12-20)22-14-8-6-13(18)7-9-14/h6-12H,5H2,1-4H3/b16-15-. The largest absolute Gasteiger partial charge is 0.492 e. The van der Waals surface area contributed by atoms with Crippen LogP contribution in [0.3, 0.4) is 0 Å². The highest BCUT2D eigenvalue weighted by Gasteiger charge is 2.26. The highest BCUT2D eigenvalue weighted by Crippen LogP contribution is 2.32. The van der Waals surface area contributed by atoms with Crippen molar-refractivity contribution < 1.29 is 9.47 Å². The summed E-state index contributed by atoms with van der Waals surface area (Å²) in [6.45, 7) is 8.77. The van der Waals surface area contributed by atoms with Crippen LogP contribution in [0.25, 0.3) is 5.88 Å². The molecule has 1 aromatic carbocycles. The number of ether oxygens (including phenoxy) is 2. The summed E-state index contributed by atoms with van der Waals surface area (Å²) in [5.74, 6) is 2.06. The molecule has 0 aliphatic carbocycles. The number of nitrogens with zero attached hydrogens (tertiary/aromatic N) is 2. The summed E-state index contributed by atoms with van der Waals surface area (Å²) in [6.07, 6.45) is 5.23. The van der Waals surface area contributed by atoms with Crippen LogP contribution in [-0.4, -0.2) is 16.2 Å². The predicted octanol–water partition coefficient (Wildman–Crippen LogP) is 4.82. The first kappa shape index (κ1) is 16.4. The Hall–Kier alpha value is -1.94. The molecule has 0 spiro atoms. The minimum Gasteiger partial charge on any atom is -0.492 e. The molecular formula is C17H21ClN2O2. The van der Waals surface area contributed by atoms with Gasteiger partial charge in [-0.2, -0.15) is 0 Å². The van der Waals surface area contributed by atoms with Crippen LogP contribution in [0.5, 0.6) is 5.75 Å². The minimum absolute atomic E-state index is 0.206. The average molecular weight is 321 g/mol. The SMILES string of the molecule is CCO/C(=C(\Oc1ccc(Cl)cc1)n1ccnc1)C(C)(C)C. The normalized spacial score (nSPS) is 12.8. The number of halogens is 1. The third-order valence-electron chi connectivity index (χ3n) is 2.93. The first-order valence-electron chi connectivity index (χ1n) is 7.21. The molecule has 0 saturated carbocycles. The molecule has 0 fully saturated rings. The highest BCUT2D eigenvalue weighted by molar-refractivity contribution is 6.30. The monoisotopic (exact) mass is 320 g/mol. The molecule has 0 bridgehead atoms. The van der Waals surface area contributed by atoms with Crippen molar-refractivity contribution in [2.24, 2.45) is 5.41 Å². The van der Waals surface area contributed by atoms with Crippen LogP contribution in [0.2, 0.25) is 5.02 Å². The molecule has 2 rings (SSSR count). The first-order chi connectivity index (χ1) is 10.4. The van der Waals surface area contributed by atoms with E-state index < -0.39 is 0 Å². The van der Waals surface area contributed by atoms with Crippen LogP contribution < -0.4 is 4.74 Å². The summed E-state index contributed by atoms with van der Waals surface area (Å²) in [5, 5.41) is 0.668. The van der Waals surface area contributed by atoms with Crippen LogP contribution >= 0.6 is 11.6 Å². The maximum atomic E-state index is 6.07. The zero-order chi connectivity index (χ0) is 16.2. The Morgan fingerprint density at radius 3 is 2.41 bits per heavy atom. The van der Waals surface area contributed by atoms with Gasteiger partial charge in [-0.3, -0.25) is 4.57 Å². The van der Waals surface area contributed by atoms with E-state index in [0.717, 1.165) is 5.76 Å². The van der Waals surface area contributed by atoms with Crippen molar-refractivity contribution in [3.05, 3.63) is 53.8 Å². The van der Waals surface area contributed by atoms with Crippen molar-refractivity contribution in [1.29, 1.82) is 0 Å². The van der Waals surface area contributed by atoms with Gasteiger partial charge < -0.3 is 9.47 Å². The Balaban J connectivity index is 2.48. The number of hydrogen-bond acceptors (Lipinski definition) is 3. The van der Waals surface area contributed by atoms with E-state index in [0.29, 0.717) is 23.3 Å². The first-order valence-corrected chi connectivity index (χ1v) is 7.59. The van der Waals surface area contributed by atoms with Gasteiger partial charge in [0.1, 0.15) is 12.1 Å². The third-order valence-corrected chi connectivity index (χ3v) is 3.18. The maximum absolute atomic E-state index is 6.07. The molecule has 5 heteroatoms. The van der Waals surface area contributed by atoms with Crippen molar-refractivity contribution in [3.63, 3.8) is 0 Å². The zero-order valence-electron chi connectivity index (χ0n) is 13.3. The number of hydrogen-bond donors (Lipinski definition) is 0. The topological polar surface area (TPSA) is 36.3 Å². The smallest absolute Gasteiger partial charge is 0.244 e. The Morgan fingerprint density at radius 2 is 1.91 bits per heavy atom. The van der Waals surface area contributed by atoms with E-state index >= 15 is 0 Å². The second-order valence-corrected chi connectivity index (χ2v) is 6.28. The maximum Gasteiger partial charge on any atom is 0.244 e. The number of benzene rings is 1. The lowest BCUT2D eigenvalue weighted by molar-refractivity contribution is 0.155. The van der Waals surface area contributed by atoms with Gasteiger partial charge in [-0.05, 0) is 31.2 Å². The van der Waals surface area contributed by atoms with Crippen molar-refractivity contribution >= 4 is 17.5 Å². The van der Waals surface area contributed by atoms with Gasteiger partial charge in [0.2, 0.25) is 5.88 Å². The van der Waals surface area contributed by atoms with E-state index in [1.807, 2.05) is 29.8 Å².